The molecule has 1 aromatic carbocycles. The van der Waals surface area contributed by atoms with Gasteiger partial charge in [-0.25, -0.2) is 13.8 Å². The molecular formula is C14H14F2N2S. The van der Waals surface area contributed by atoms with Crippen LogP contribution in [0.15, 0.2) is 18.2 Å². The number of hydrogen-bond donors (Lipinski definition) is 1. The summed E-state index contributed by atoms with van der Waals surface area (Å²) in [7, 11) is 1.93. The first-order valence-electron chi connectivity index (χ1n) is 6.31. The van der Waals surface area contributed by atoms with Crippen LogP contribution in [0.1, 0.15) is 29.5 Å². The van der Waals surface area contributed by atoms with Gasteiger partial charge in [0.2, 0.25) is 0 Å². The van der Waals surface area contributed by atoms with Crippen LogP contribution in [-0.4, -0.2) is 12.0 Å². The maximum absolute atomic E-state index is 13.3. The second kappa shape index (κ2) is 4.98. The molecule has 2 nitrogen and oxygen atoms in total. The van der Waals surface area contributed by atoms with Gasteiger partial charge in [0.15, 0.2) is 11.6 Å². The Labute approximate surface area is 114 Å². The quantitative estimate of drug-likeness (QED) is 0.907. The van der Waals surface area contributed by atoms with E-state index < -0.39 is 11.6 Å². The average Bonchev–Trinajstić information content (AvgIpc) is 2.85. The summed E-state index contributed by atoms with van der Waals surface area (Å²) in [6.45, 7) is 0. The Kier molecular flexibility index (Phi) is 3.33. The molecule has 1 atom stereocenters. The molecule has 100 valence electrons. The molecule has 0 spiro atoms. The van der Waals surface area contributed by atoms with E-state index in [0.29, 0.717) is 5.56 Å². The molecule has 1 N–H and O–H groups in total. The van der Waals surface area contributed by atoms with Crippen LogP contribution in [0.5, 0.6) is 0 Å². The number of nitrogens with zero attached hydrogens (tertiary/aromatic N) is 1. The number of benzene rings is 1. The van der Waals surface area contributed by atoms with Crippen LogP contribution < -0.4 is 5.32 Å². The SMILES string of the molecule is CNC1CCCc2sc(-c3ccc(F)c(F)c3)nc21. The number of nitrogens with one attached hydrogen (secondary N) is 1. The first-order chi connectivity index (χ1) is 9.19. The Hall–Kier alpha value is -1.33. The molecule has 1 aromatic heterocycles. The van der Waals surface area contributed by atoms with Gasteiger partial charge in [-0.15, -0.1) is 11.3 Å². The summed E-state index contributed by atoms with van der Waals surface area (Å²) in [4.78, 5) is 5.87. The van der Waals surface area contributed by atoms with Crippen LogP contribution in [0, 0.1) is 11.6 Å². The molecule has 0 saturated heterocycles. The molecule has 1 heterocycles. The fourth-order valence-corrected chi connectivity index (χ4v) is 3.61. The van der Waals surface area contributed by atoms with E-state index in [2.05, 4.69) is 10.3 Å². The van der Waals surface area contributed by atoms with E-state index in [1.54, 1.807) is 17.4 Å². The summed E-state index contributed by atoms with van der Waals surface area (Å²) in [5.74, 6) is -1.64. The maximum Gasteiger partial charge on any atom is 0.159 e. The van der Waals surface area contributed by atoms with Gasteiger partial charge in [-0.1, -0.05) is 0 Å². The van der Waals surface area contributed by atoms with Crippen molar-refractivity contribution in [3.8, 4) is 10.6 Å². The fourth-order valence-electron chi connectivity index (χ4n) is 2.45. The first kappa shape index (κ1) is 12.7. The third-order valence-corrected chi connectivity index (χ3v) is 4.65. The number of halogens is 2. The number of fused-ring (bicyclic) bond motifs is 1. The van der Waals surface area contributed by atoms with Crippen molar-refractivity contribution in [3.05, 3.63) is 40.4 Å². The number of rotatable bonds is 2. The second-order valence-corrected chi connectivity index (χ2v) is 5.77. The lowest BCUT2D eigenvalue weighted by Gasteiger charge is -2.19. The second-order valence-electron chi connectivity index (χ2n) is 4.69. The molecule has 0 saturated carbocycles. The van der Waals surface area contributed by atoms with Crippen molar-refractivity contribution in [1.29, 1.82) is 0 Å². The summed E-state index contributed by atoms with van der Waals surface area (Å²) in [6, 6.07) is 4.23. The van der Waals surface area contributed by atoms with Crippen molar-refractivity contribution in [2.45, 2.75) is 25.3 Å². The maximum atomic E-state index is 13.3. The van der Waals surface area contributed by atoms with Crippen LogP contribution in [0.2, 0.25) is 0 Å². The van der Waals surface area contributed by atoms with Gasteiger partial charge in [0.1, 0.15) is 5.01 Å². The molecule has 1 aliphatic carbocycles. The van der Waals surface area contributed by atoms with Crippen molar-refractivity contribution >= 4 is 11.3 Å². The topological polar surface area (TPSA) is 24.9 Å². The van der Waals surface area contributed by atoms with Crippen molar-refractivity contribution in [1.82, 2.24) is 10.3 Å². The molecule has 2 aromatic rings. The van der Waals surface area contributed by atoms with Crippen molar-refractivity contribution in [3.63, 3.8) is 0 Å². The highest BCUT2D eigenvalue weighted by molar-refractivity contribution is 7.15. The minimum atomic E-state index is -0.823. The van der Waals surface area contributed by atoms with Crippen molar-refractivity contribution < 1.29 is 8.78 Å². The van der Waals surface area contributed by atoms with Gasteiger partial charge in [-0.05, 0) is 44.5 Å². The summed E-state index contributed by atoms with van der Waals surface area (Å²) >= 11 is 1.58. The predicted molar refractivity (Wildman–Crippen MR) is 72.2 cm³/mol. The van der Waals surface area contributed by atoms with Crippen LogP contribution in [0.3, 0.4) is 0 Å². The molecule has 3 rings (SSSR count). The standard InChI is InChI=1S/C14H14F2N2S/c1-17-11-3-2-4-12-13(11)18-14(19-12)8-5-6-9(15)10(16)7-8/h5-7,11,17H,2-4H2,1H3. The van der Waals surface area contributed by atoms with Crippen molar-refractivity contribution in [2.75, 3.05) is 7.05 Å². The van der Waals surface area contributed by atoms with Gasteiger partial charge >= 0.3 is 0 Å². The zero-order valence-electron chi connectivity index (χ0n) is 10.5. The highest BCUT2D eigenvalue weighted by Crippen LogP contribution is 2.37. The minimum absolute atomic E-state index is 0.277. The monoisotopic (exact) mass is 280 g/mol. The van der Waals surface area contributed by atoms with Gasteiger partial charge in [0, 0.05) is 10.4 Å². The molecular weight excluding hydrogens is 266 g/mol. The largest absolute Gasteiger partial charge is 0.312 e. The Morgan fingerprint density at radius 3 is 2.89 bits per heavy atom. The zero-order chi connectivity index (χ0) is 13.4. The van der Waals surface area contributed by atoms with Crippen molar-refractivity contribution in [2.24, 2.45) is 0 Å². The predicted octanol–water partition coefficient (Wildman–Crippen LogP) is 3.69. The molecule has 19 heavy (non-hydrogen) atoms. The summed E-state index contributed by atoms with van der Waals surface area (Å²) in [6.07, 6.45) is 3.23. The first-order valence-corrected chi connectivity index (χ1v) is 7.13. The third kappa shape index (κ3) is 2.28. The Morgan fingerprint density at radius 1 is 1.32 bits per heavy atom. The number of aromatic nitrogens is 1. The molecule has 0 fully saturated rings. The molecule has 0 aliphatic heterocycles. The van der Waals surface area contributed by atoms with Gasteiger partial charge in [0.05, 0.1) is 11.7 Å². The summed E-state index contributed by atoms with van der Waals surface area (Å²) in [5, 5.41) is 4.02. The number of thiazole rings is 1. The van der Waals surface area contributed by atoms with E-state index in [1.807, 2.05) is 7.05 Å². The smallest absolute Gasteiger partial charge is 0.159 e. The van der Waals surface area contributed by atoms with E-state index in [0.717, 1.165) is 36.0 Å². The van der Waals surface area contributed by atoms with E-state index in [-0.39, 0.29) is 6.04 Å². The van der Waals surface area contributed by atoms with Gasteiger partial charge in [-0.2, -0.15) is 0 Å². The minimum Gasteiger partial charge on any atom is -0.312 e. The molecule has 0 bridgehead atoms. The van der Waals surface area contributed by atoms with E-state index in [1.165, 1.54) is 10.9 Å². The van der Waals surface area contributed by atoms with Gasteiger partial charge in [-0.3, -0.25) is 0 Å². The highest BCUT2D eigenvalue weighted by atomic mass is 32.1. The third-order valence-electron chi connectivity index (χ3n) is 3.47. The lowest BCUT2D eigenvalue weighted by Crippen LogP contribution is -2.21. The lowest BCUT2D eigenvalue weighted by atomic mass is 9.98. The molecule has 5 heteroatoms. The zero-order valence-corrected chi connectivity index (χ0v) is 11.4. The van der Waals surface area contributed by atoms with Gasteiger partial charge in [0.25, 0.3) is 0 Å². The summed E-state index contributed by atoms with van der Waals surface area (Å²) in [5.41, 5.74) is 1.71. The molecule has 1 aliphatic rings. The lowest BCUT2D eigenvalue weighted by molar-refractivity contribution is 0.490. The number of aryl methyl sites for hydroxylation is 1. The Morgan fingerprint density at radius 2 is 2.16 bits per heavy atom. The average molecular weight is 280 g/mol. The fraction of sp³-hybridized carbons (Fsp3) is 0.357. The number of hydrogen-bond acceptors (Lipinski definition) is 3. The van der Waals surface area contributed by atoms with Crippen LogP contribution in [0.25, 0.3) is 10.6 Å². The normalized spacial score (nSPS) is 18.4. The van der Waals surface area contributed by atoms with Crippen LogP contribution in [0.4, 0.5) is 8.78 Å². The van der Waals surface area contributed by atoms with Crippen LogP contribution >= 0.6 is 11.3 Å². The van der Waals surface area contributed by atoms with E-state index >= 15 is 0 Å². The van der Waals surface area contributed by atoms with E-state index in [9.17, 15) is 8.78 Å². The summed E-state index contributed by atoms with van der Waals surface area (Å²) < 4.78 is 26.2. The Bertz CT molecular complexity index is 609. The van der Waals surface area contributed by atoms with Gasteiger partial charge < -0.3 is 5.32 Å². The molecule has 0 amide bonds. The van der Waals surface area contributed by atoms with Crippen LogP contribution in [-0.2, 0) is 6.42 Å². The Balaban J connectivity index is 2.02. The molecule has 1 unspecified atom stereocenters. The van der Waals surface area contributed by atoms with E-state index in [4.69, 9.17) is 0 Å². The molecule has 0 radical (unpaired) electrons. The highest BCUT2D eigenvalue weighted by Gasteiger charge is 2.24.